The highest BCUT2D eigenvalue weighted by molar-refractivity contribution is 7.89. The van der Waals surface area contributed by atoms with Crippen molar-refractivity contribution in [3.63, 3.8) is 0 Å². The Bertz CT molecular complexity index is 772. The van der Waals surface area contributed by atoms with Gasteiger partial charge in [0.2, 0.25) is 10.0 Å². The van der Waals surface area contributed by atoms with Crippen molar-refractivity contribution in [2.75, 3.05) is 19.8 Å². The van der Waals surface area contributed by atoms with Crippen LogP contribution in [0.5, 0.6) is 0 Å². The van der Waals surface area contributed by atoms with Crippen LogP contribution in [-0.4, -0.2) is 44.2 Å². The molecule has 138 valence electrons. The Balaban J connectivity index is 3.03. The molecule has 9 nitrogen and oxygen atoms in total. The summed E-state index contributed by atoms with van der Waals surface area (Å²) >= 11 is 0. The van der Waals surface area contributed by atoms with E-state index in [4.69, 9.17) is 4.74 Å². The van der Waals surface area contributed by atoms with E-state index in [0.717, 1.165) is 12.1 Å². The average molecular weight is 372 g/mol. The molecular formula is C15H20N2O7S. The summed E-state index contributed by atoms with van der Waals surface area (Å²) in [5, 5.41) is 20.4. The SMILES string of the molecule is CC/C(CNS(=O)(=O)c1ccccc1[N+](=O)[O-])=C(/CO)COC(C)=O. The largest absolute Gasteiger partial charge is 0.461 e. The number of sulfonamides is 1. The van der Waals surface area contributed by atoms with E-state index in [1.807, 2.05) is 0 Å². The number of ether oxygens (including phenoxy) is 1. The Morgan fingerprint density at radius 1 is 1.32 bits per heavy atom. The minimum atomic E-state index is -4.13. The highest BCUT2D eigenvalue weighted by atomic mass is 32.2. The number of nitrogens with one attached hydrogen (secondary N) is 1. The van der Waals surface area contributed by atoms with Crippen LogP contribution >= 0.6 is 0 Å². The maximum absolute atomic E-state index is 12.4. The molecule has 10 heteroatoms. The Labute approximate surface area is 145 Å². The fourth-order valence-electron chi connectivity index (χ4n) is 2.04. The van der Waals surface area contributed by atoms with Crippen molar-refractivity contribution in [1.29, 1.82) is 0 Å². The fourth-order valence-corrected chi connectivity index (χ4v) is 3.24. The number of nitro groups is 1. The van der Waals surface area contributed by atoms with Gasteiger partial charge in [-0.2, -0.15) is 0 Å². The number of hydrogen-bond donors (Lipinski definition) is 2. The number of aliphatic hydroxyl groups excluding tert-OH is 1. The quantitative estimate of drug-likeness (QED) is 0.287. The summed E-state index contributed by atoms with van der Waals surface area (Å²) in [6, 6.07) is 5.00. The van der Waals surface area contributed by atoms with E-state index in [-0.39, 0.29) is 13.2 Å². The van der Waals surface area contributed by atoms with Gasteiger partial charge >= 0.3 is 5.97 Å². The molecule has 0 radical (unpaired) electrons. The van der Waals surface area contributed by atoms with Crippen molar-refractivity contribution in [1.82, 2.24) is 4.72 Å². The van der Waals surface area contributed by atoms with Crippen LogP contribution < -0.4 is 4.72 Å². The van der Waals surface area contributed by atoms with Crippen LogP contribution in [0.25, 0.3) is 0 Å². The molecule has 0 saturated carbocycles. The molecule has 25 heavy (non-hydrogen) atoms. The molecule has 0 fully saturated rings. The molecule has 1 aromatic carbocycles. The molecule has 0 aliphatic carbocycles. The van der Waals surface area contributed by atoms with Gasteiger partial charge in [0.1, 0.15) is 6.61 Å². The topological polar surface area (TPSA) is 136 Å². The molecule has 1 aromatic rings. The second-order valence-corrected chi connectivity index (χ2v) is 6.78. The van der Waals surface area contributed by atoms with Gasteiger partial charge in [-0.05, 0) is 18.1 Å². The van der Waals surface area contributed by atoms with E-state index in [1.165, 1.54) is 19.1 Å². The molecule has 0 bridgehead atoms. The molecule has 1 rings (SSSR count). The zero-order valence-electron chi connectivity index (χ0n) is 13.9. The predicted molar refractivity (Wildman–Crippen MR) is 89.3 cm³/mol. The van der Waals surface area contributed by atoms with E-state index in [9.17, 15) is 28.4 Å². The van der Waals surface area contributed by atoms with Crippen molar-refractivity contribution in [2.24, 2.45) is 0 Å². The standard InChI is InChI=1S/C15H20N2O7S/c1-3-12(13(9-18)10-24-11(2)19)8-16-25(22,23)15-7-5-4-6-14(15)17(20)21/h4-7,16,18H,3,8-10H2,1-2H3/b13-12+. The number of aliphatic hydroxyl groups is 1. The van der Waals surface area contributed by atoms with Gasteiger partial charge in [0.15, 0.2) is 4.90 Å². The van der Waals surface area contributed by atoms with E-state index in [2.05, 4.69) is 4.72 Å². The first-order chi connectivity index (χ1) is 11.7. The Kier molecular flexibility index (Phi) is 7.68. The molecule has 0 aromatic heterocycles. The second kappa shape index (κ2) is 9.25. The summed E-state index contributed by atoms with van der Waals surface area (Å²) in [5.74, 6) is -0.526. The average Bonchev–Trinajstić information content (AvgIpc) is 2.57. The highest BCUT2D eigenvalue weighted by Gasteiger charge is 2.25. The van der Waals surface area contributed by atoms with Crippen LogP contribution in [-0.2, 0) is 19.6 Å². The van der Waals surface area contributed by atoms with Crippen molar-refractivity contribution in [3.8, 4) is 0 Å². The zero-order valence-corrected chi connectivity index (χ0v) is 14.7. The zero-order chi connectivity index (χ0) is 19.0. The van der Waals surface area contributed by atoms with Gasteiger partial charge in [0.05, 0.1) is 11.5 Å². The van der Waals surface area contributed by atoms with Gasteiger partial charge in [-0.15, -0.1) is 0 Å². The van der Waals surface area contributed by atoms with Crippen LogP contribution in [0.3, 0.4) is 0 Å². The van der Waals surface area contributed by atoms with Crippen molar-refractivity contribution < 1.29 is 28.0 Å². The normalized spacial score (nSPS) is 12.4. The Morgan fingerprint density at radius 2 is 1.96 bits per heavy atom. The van der Waals surface area contributed by atoms with Crippen LogP contribution in [0.4, 0.5) is 5.69 Å². The summed E-state index contributed by atoms with van der Waals surface area (Å²) < 4.78 is 31.8. The van der Waals surface area contributed by atoms with Gasteiger partial charge in [0, 0.05) is 19.5 Å². The number of rotatable bonds is 9. The van der Waals surface area contributed by atoms with E-state index >= 15 is 0 Å². The summed E-state index contributed by atoms with van der Waals surface area (Å²) in [6.07, 6.45) is 0.399. The smallest absolute Gasteiger partial charge is 0.302 e. The summed E-state index contributed by atoms with van der Waals surface area (Å²) in [6.45, 7) is 2.25. The van der Waals surface area contributed by atoms with E-state index in [1.54, 1.807) is 6.92 Å². The maximum Gasteiger partial charge on any atom is 0.302 e. The van der Waals surface area contributed by atoms with Gasteiger partial charge < -0.3 is 9.84 Å². The third-order valence-corrected chi connectivity index (χ3v) is 4.84. The first kappa shape index (κ1) is 20.7. The van der Waals surface area contributed by atoms with Crippen LogP contribution in [0.1, 0.15) is 20.3 Å². The maximum atomic E-state index is 12.4. The molecule has 0 heterocycles. The first-order valence-electron chi connectivity index (χ1n) is 7.40. The highest BCUT2D eigenvalue weighted by Crippen LogP contribution is 2.23. The van der Waals surface area contributed by atoms with Crippen LogP contribution in [0, 0.1) is 10.1 Å². The lowest BCUT2D eigenvalue weighted by molar-refractivity contribution is -0.387. The van der Waals surface area contributed by atoms with Crippen LogP contribution in [0.2, 0.25) is 0 Å². The van der Waals surface area contributed by atoms with Crippen molar-refractivity contribution in [2.45, 2.75) is 25.2 Å². The summed E-state index contributed by atoms with van der Waals surface area (Å²) in [5.41, 5.74) is 0.383. The number of carbonyl (C=O) groups is 1. The lowest BCUT2D eigenvalue weighted by atomic mass is 10.1. The first-order valence-corrected chi connectivity index (χ1v) is 8.88. The molecule has 0 amide bonds. The molecule has 0 atom stereocenters. The fraction of sp³-hybridized carbons (Fsp3) is 0.400. The number of nitro benzene ring substituents is 1. The van der Waals surface area contributed by atoms with Crippen molar-refractivity contribution >= 4 is 21.7 Å². The van der Waals surface area contributed by atoms with Gasteiger partial charge in [-0.3, -0.25) is 14.9 Å². The molecular weight excluding hydrogens is 352 g/mol. The third-order valence-electron chi connectivity index (χ3n) is 3.39. The third kappa shape index (κ3) is 5.93. The number of carbonyl (C=O) groups excluding carboxylic acids is 1. The Morgan fingerprint density at radius 3 is 2.48 bits per heavy atom. The lowest BCUT2D eigenvalue weighted by Gasteiger charge is -2.14. The van der Waals surface area contributed by atoms with Crippen LogP contribution in [0.15, 0.2) is 40.3 Å². The summed E-state index contributed by atoms with van der Waals surface area (Å²) in [4.78, 5) is 20.6. The van der Waals surface area contributed by atoms with E-state index in [0.29, 0.717) is 17.6 Å². The second-order valence-electron chi connectivity index (χ2n) is 5.05. The Hall–Kier alpha value is -2.30. The molecule has 0 spiro atoms. The number of esters is 1. The predicted octanol–water partition coefficient (Wildman–Crippen LogP) is 1.14. The molecule has 0 aliphatic heterocycles. The van der Waals surface area contributed by atoms with E-state index < -0.39 is 38.1 Å². The number of benzene rings is 1. The minimum Gasteiger partial charge on any atom is -0.461 e. The molecule has 2 N–H and O–H groups in total. The van der Waals surface area contributed by atoms with Crippen molar-refractivity contribution in [3.05, 3.63) is 45.5 Å². The molecule has 0 saturated heterocycles. The monoisotopic (exact) mass is 372 g/mol. The van der Waals surface area contributed by atoms with Gasteiger partial charge in [-0.25, -0.2) is 13.1 Å². The number of hydrogen-bond acceptors (Lipinski definition) is 7. The molecule has 0 unspecified atom stereocenters. The number of nitrogens with zero attached hydrogens (tertiary/aromatic N) is 1. The van der Waals surface area contributed by atoms with Gasteiger partial charge in [0.25, 0.3) is 5.69 Å². The van der Waals surface area contributed by atoms with Gasteiger partial charge in [-0.1, -0.05) is 24.6 Å². The number of para-hydroxylation sites is 1. The minimum absolute atomic E-state index is 0.151. The summed E-state index contributed by atoms with van der Waals surface area (Å²) in [7, 11) is -4.13. The molecule has 0 aliphatic rings. The lowest BCUT2D eigenvalue weighted by Crippen LogP contribution is -2.27.